The molecular weight excluding hydrogens is 454 g/mol. The fourth-order valence-electron chi connectivity index (χ4n) is 5.41. The molecule has 1 aliphatic carbocycles. The maximum absolute atomic E-state index is 13.6. The molecule has 0 radical (unpaired) electrons. The number of nitrogens with one attached hydrogen (secondary N) is 1. The van der Waals surface area contributed by atoms with Crippen LogP contribution in [0.1, 0.15) is 49.8 Å². The summed E-state index contributed by atoms with van der Waals surface area (Å²) in [5.41, 5.74) is 2.29. The van der Waals surface area contributed by atoms with E-state index < -0.39 is 15.4 Å². The number of anilines is 3. The highest BCUT2D eigenvalue weighted by Gasteiger charge is 2.40. The number of benzene rings is 1. The number of nitrogens with zero attached hydrogens (tertiary/aromatic N) is 4. The molecule has 2 N–H and O–H groups in total. The van der Waals surface area contributed by atoms with Gasteiger partial charge in [-0.15, -0.1) is 0 Å². The molecule has 2 aromatic heterocycles. The smallest absolute Gasteiger partial charge is 0.276 e. The summed E-state index contributed by atoms with van der Waals surface area (Å²) in [6, 6.07) is 6.93. The van der Waals surface area contributed by atoms with Gasteiger partial charge in [-0.1, -0.05) is 6.07 Å². The second kappa shape index (κ2) is 7.51. The first kappa shape index (κ1) is 21.5. The average molecular weight is 482 g/mol. The number of sulfone groups is 1. The van der Waals surface area contributed by atoms with Gasteiger partial charge in [-0.25, -0.2) is 13.4 Å². The van der Waals surface area contributed by atoms with Gasteiger partial charge in [0.15, 0.2) is 9.84 Å². The molecule has 34 heavy (non-hydrogen) atoms. The van der Waals surface area contributed by atoms with Gasteiger partial charge >= 0.3 is 0 Å². The molecule has 3 aromatic rings. The quantitative estimate of drug-likeness (QED) is 0.584. The topological polar surface area (TPSA) is 117 Å². The molecule has 1 aromatic carbocycles. The van der Waals surface area contributed by atoms with Gasteiger partial charge in [-0.3, -0.25) is 9.36 Å². The monoisotopic (exact) mass is 481 g/mol. The van der Waals surface area contributed by atoms with E-state index in [0.717, 1.165) is 42.4 Å². The van der Waals surface area contributed by atoms with E-state index in [1.165, 1.54) is 0 Å². The Kier molecular flexibility index (Phi) is 4.76. The van der Waals surface area contributed by atoms with Gasteiger partial charge in [0.25, 0.3) is 5.56 Å². The molecule has 178 valence electrons. The van der Waals surface area contributed by atoms with E-state index in [0.29, 0.717) is 35.8 Å². The van der Waals surface area contributed by atoms with Crippen molar-refractivity contribution in [3.05, 3.63) is 51.9 Å². The molecule has 6 rings (SSSR count). The summed E-state index contributed by atoms with van der Waals surface area (Å²) in [5, 5.41) is 15.0. The second-order valence-electron chi connectivity index (χ2n) is 9.92. The number of fused-ring (bicyclic) bond motifs is 2. The van der Waals surface area contributed by atoms with Crippen LogP contribution in [0, 0.1) is 0 Å². The number of aromatic nitrogens is 3. The zero-order chi connectivity index (χ0) is 23.7. The Bertz CT molecular complexity index is 1480. The standard InChI is InChI=1S/C24H27N5O4S/c1-24(31)7-2-4-20(24)29-21-16(11-19(22(29)30)28-8-3-9-28)12-25-23(27-21)26-18-6-5-15-13-34(32,33)14-17(15)10-18/h5-6,10-12,20,31H,2-4,7-9,13-14H2,1H3,(H,25,26,27)/t20-,24-/m1/s1. The van der Waals surface area contributed by atoms with E-state index in [1.54, 1.807) is 17.7 Å². The fourth-order valence-corrected chi connectivity index (χ4v) is 7.01. The van der Waals surface area contributed by atoms with E-state index in [2.05, 4.69) is 15.2 Å². The molecule has 10 heteroatoms. The average Bonchev–Trinajstić information content (AvgIpc) is 3.23. The fraction of sp³-hybridized carbons (Fsp3) is 0.458. The van der Waals surface area contributed by atoms with Gasteiger partial charge < -0.3 is 15.3 Å². The minimum Gasteiger partial charge on any atom is -0.388 e. The molecule has 3 aliphatic rings. The summed E-state index contributed by atoms with van der Waals surface area (Å²) in [6.45, 7) is 3.48. The maximum Gasteiger partial charge on any atom is 0.276 e. The number of rotatable bonds is 4. The van der Waals surface area contributed by atoms with Gasteiger partial charge in [-0.2, -0.15) is 4.98 Å². The van der Waals surface area contributed by atoms with Gasteiger partial charge in [0.2, 0.25) is 5.95 Å². The summed E-state index contributed by atoms with van der Waals surface area (Å²) in [6.07, 6.45) is 4.94. The Hall–Kier alpha value is -2.98. The van der Waals surface area contributed by atoms with Crippen molar-refractivity contribution in [1.82, 2.24) is 14.5 Å². The summed E-state index contributed by atoms with van der Waals surface area (Å²) < 4.78 is 25.6. The van der Waals surface area contributed by atoms with Crippen molar-refractivity contribution in [3.63, 3.8) is 0 Å². The van der Waals surface area contributed by atoms with Crippen molar-refractivity contribution >= 4 is 38.2 Å². The third kappa shape index (κ3) is 3.56. The molecule has 0 spiro atoms. The minimum absolute atomic E-state index is 0.0337. The molecule has 4 heterocycles. The van der Waals surface area contributed by atoms with Crippen molar-refractivity contribution in [3.8, 4) is 0 Å². The van der Waals surface area contributed by atoms with Crippen LogP contribution in [0.2, 0.25) is 0 Å². The molecule has 2 fully saturated rings. The van der Waals surface area contributed by atoms with Crippen molar-refractivity contribution in [2.45, 2.75) is 55.8 Å². The Labute approximate surface area is 197 Å². The molecule has 0 bridgehead atoms. The molecule has 0 unspecified atom stereocenters. The Balaban J connectivity index is 1.44. The molecule has 1 saturated carbocycles. The number of hydrogen-bond donors (Lipinski definition) is 2. The summed E-state index contributed by atoms with van der Waals surface area (Å²) in [4.78, 5) is 24.9. The van der Waals surface area contributed by atoms with Gasteiger partial charge in [0.1, 0.15) is 11.3 Å². The zero-order valence-electron chi connectivity index (χ0n) is 19.0. The minimum atomic E-state index is -3.09. The van der Waals surface area contributed by atoms with Crippen molar-refractivity contribution in [2.24, 2.45) is 0 Å². The van der Waals surface area contributed by atoms with E-state index >= 15 is 0 Å². The van der Waals surface area contributed by atoms with Crippen LogP contribution in [0.4, 0.5) is 17.3 Å². The summed E-state index contributed by atoms with van der Waals surface area (Å²) in [7, 11) is -3.09. The summed E-state index contributed by atoms with van der Waals surface area (Å²) >= 11 is 0. The lowest BCUT2D eigenvalue weighted by Gasteiger charge is -2.34. The van der Waals surface area contributed by atoms with Crippen LogP contribution in [0.25, 0.3) is 11.0 Å². The van der Waals surface area contributed by atoms with Crippen LogP contribution in [0.15, 0.2) is 35.3 Å². The lowest BCUT2D eigenvalue weighted by Crippen LogP contribution is -2.44. The Morgan fingerprint density at radius 3 is 2.65 bits per heavy atom. The highest BCUT2D eigenvalue weighted by Crippen LogP contribution is 2.40. The Morgan fingerprint density at radius 1 is 1.15 bits per heavy atom. The number of hydrogen-bond acceptors (Lipinski definition) is 8. The molecular formula is C24H27N5O4S. The molecule has 2 atom stereocenters. The molecule has 2 aliphatic heterocycles. The largest absolute Gasteiger partial charge is 0.388 e. The van der Waals surface area contributed by atoms with Gasteiger partial charge in [-0.05, 0) is 61.9 Å². The molecule has 1 saturated heterocycles. The van der Waals surface area contributed by atoms with E-state index in [9.17, 15) is 18.3 Å². The van der Waals surface area contributed by atoms with E-state index in [4.69, 9.17) is 4.98 Å². The van der Waals surface area contributed by atoms with Crippen LogP contribution < -0.4 is 15.8 Å². The lowest BCUT2D eigenvalue weighted by molar-refractivity contribution is 0.0267. The van der Waals surface area contributed by atoms with Crippen LogP contribution >= 0.6 is 0 Å². The van der Waals surface area contributed by atoms with Gasteiger partial charge in [0, 0.05) is 30.4 Å². The zero-order valence-corrected chi connectivity index (χ0v) is 19.8. The van der Waals surface area contributed by atoms with Crippen molar-refractivity contribution < 1.29 is 13.5 Å². The van der Waals surface area contributed by atoms with Crippen LogP contribution in [0.3, 0.4) is 0 Å². The first-order valence-corrected chi connectivity index (χ1v) is 13.5. The molecule has 9 nitrogen and oxygen atoms in total. The number of aliphatic hydroxyl groups is 1. The molecule has 0 amide bonds. The van der Waals surface area contributed by atoms with Gasteiger partial charge in [0.05, 0.1) is 23.1 Å². The Morgan fingerprint density at radius 2 is 1.94 bits per heavy atom. The third-order valence-corrected chi connectivity index (χ3v) is 8.86. The highest BCUT2D eigenvalue weighted by molar-refractivity contribution is 7.90. The van der Waals surface area contributed by atoms with E-state index in [1.807, 2.05) is 24.3 Å². The maximum atomic E-state index is 13.6. The first-order valence-electron chi connectivity index (χ1n) is 11.7. The first-order chi connectivity index (χ1) is 16.2. The SMILES string of the molecule is C[C@@]1(O)CCC[C@H]1n1c(=O)c(N2CCC2)cc2cnc(Nc3ccc4c(c3)CS(=O)(=O)C4)nc21. The summed E-state index contributed by atoms with van der Waals surface area (Å²) in [5.74, 6) is 0.421. The number of pyridine rings is 1. The predicted octanol–water partition coefficient (Wildman–Crippen LogP) is 2.65. The highest BCUT2D eigenvalue weighted by atomic mass is 32.2. The van der Waals surface area contributed by atoms with Crippen molar-refractivity contribution in [1.29, 1.82) is 0 Å². The second-order valence-corrected chi connectivity index (χ2v) is 12.0. The van der Waals surface area contributed by atoms with E-state index in [-0.39, 0.29) is 23.1 Å². The van der Waals surface area contributed by atoms with Crippen LogP contribution in [-0.4, -0.2) is 46.7 Å². The van der Waals surface area contributed by atoms with Crippen LogP contribution in [-0.2, 0) is 21.3 Å². The third-order valence-electron chi connectivity index (χ3n) is 7.35. The van der Waals surface area contributed by atoms with Crippen molar-refractivity contribution in [2.75, 3.05) is 23.3 Å². The van der Waals surface area contributed by atoms with Crippen LogP contribution in [0.5, 0.6) is 0 Å². The normalized spacial score (nSPS) is 25.4. The predicted molar refractivity (Wildman–Crippen MR) is 130 cm³/mol. The lowest BCUT2D eigenvalue weighted by atomic mass is 9.99.